The molecule has 0 amide bonds. The van der Waals surface area contributed by atoms with E-state index in [4.69, 9.17) is 5.11 Å². The molecule has 0 fully saturated rings. The zero-order valence-electron chi connectivity index (χ0n) is 15.4. The van der Waals surface area contributed by atoms with Gasteiger partial charge in [0.25, 0.3) is 5.78 Å². The second-order valence-electron chi connectivity index (χ2n) is 6.99. The summed E-state index contributed by atoms with van der Waals surface area (Å²) in [5.74, 6) is 1.32. The molecule has 2 N–H and O–H groups in total. The van der Waals surface area contributed by atoms with E-state index >= 15 is 0 Å². The van der Waals surface area contributed by atoms with Crippen molar-refractivity contribution in [3.63, 3.8) is 0 Å². The van der Waals surface area contributed by atoms with Crippen molar-refractivity contribution in [2.45, 2.75) is 25.9 Å². The van der Waals surface area contributed by atoms with Crippen molar-refractivity contribution in [2.24, 2.45) is 0 Å². The lowest BCUT2D eigenvalue weighted by atomic mass is 10.0. The number of benzene rings is 1. The number of tetrazole rings is 1. The number of thiophene rings is 1. The molecular weight excluding hydrogens is 374 g/mol. The van der Waals surface area contributed by atoms with Crippen LogP contribution in [0.4, 0.5) is 5.82 Å². The van der Waals surface area contributed by atoms with E-state index in [1.807, 2.05) is 0 Å². The molecule has 8 nitrogen and oxygen atoms in total. The van der Waals surface area contributed by atoms with E-state index in [2.05, 4.69) is 61.1 Å². The zero-order chi connectivity index (χ0) is 18.9. The van der Waals surface area contributed by atoms with Crippen LogP contribution in [-0.4, -0.2) is 54.7 Å². The Morgan fingerprint density at radius 2 is 2.11 bits per heavy atom. The average molecular weight is 395 g/mol. The molecule has 28 heavy (non-hydrogen) atoms. The van der Waals surface area contributed by atoms with Gasteiger partial charge in [-0.2, -0.15) is 9.50 Å². The van der Waals surface area contributed by atoms with Gasteiger partial charge in [-0.3, -0.25) is 4.90 Å². The molecule has 144 valence electrons. The number of aromatic nitrogens is 5. The van der Waals surface area contributed by atoms with Gasteiger partial charge in [0.15, 0.2) is 0 Å². The van der Waals surface area contributed by atoms with Crippen molar-refractivity contribution in [1.82, 2.24) is 29.9 Å². The van der Waals surface area contributed by atoms with Gasteiger partial charge in [-0.1, -0.05) is 35.4 Å². The molecule has 5 rings (SSSR count). The highest BCUT2D eigenvalue weighted by atomic mass is 32.1. The number of hydrogen-bond donors (Lipinski definition) is 2. The molecule has 1 aliphatic rings. The number of nitrogens with one attached hydrogen (secondary N) is 1. The molecule has 1 aromatic carbocycles. The van der Waals surface area contributed by atoms with Crippen molar-refractivity contribution in [1.29, 1.82) is 0 Å². The maximum Gasteiger partial charge on any atom is 0.276 e. The summed E-state index contributed by atoms with van der Waals surface area (Å²) in [7, 11) is 0. The van der Waals surface area contributed by atoms with Gasteiger partial charge in [0.2, 0.25) is 0 Å². The molecule has 9 heteroatoms. The molecule has 0 aliphatic carbocycles. The van der Waals surface area contributed by atoms with Gasteiger partial charge in [0.05, 0.1) is 5.39 Å². The minimum absolute atomic E-state index is 0.154. The van der Waals surface area contributed by atoms with Crippen molar-refractivity contribution in [3.8, 4) is 0 Å². The van der Waals surface area contributed by atoms with E-state index in [0.29, 0.717) is 18.7 Å². The molecule has 4 heterocycles. The Morgan fingerprint density at radius 1 is 1.21 bits per heavy atom. The molecular formula is C19H21N7OS. The molecule has 3 aromatic heterocycles. The van der Waals surface area contributed by atoms with E-state index in [9.17, 15) is 0 Å². The van der Waals surface area contributed by atoms with Gasteiger partial charge >= 0.3 is 0 Å². The minimum Gasteiger partial charge on any atom is -0.396 e. The van der Waals surface area contributed by atoms with Crippen LogP contribution >= 0.6 is 11.3 Å². The van der Waals surface area contributed by atoms with Crippen molar-refractivity contribution >= 4 is 33.1 Å². The summed E-state index contributed by atoms with van der Waals surface area (Å²) in [4.78, 5) is 9.50. The Hall–Kier alpha value is -2.62. The highest BCUT2D eigenvalue weighted by Crippen LogP contribution is 2.38. The standard InChI is InChI=1S/C19H21N7OS/c27-10-4-8-20-17-16-14-7-9-25(11-13-5-2-1-3-6-13)12-15(14)28-18(16)26-19(21-17)22-23-24-26/h1-3,5-6,27H,4,7-12H2,(H,20,21,22,24). The number of rotatable bonds is 6. The number of fused-ring (bicyclic) bond motifs is 5. The summed E-state index contributed by atoms with van der Waals surface area (Å²) in [6.45, 7) is 3.71. The Kier molecular flexibility index (Phi) is 4.63. The highest BCUT2D eigenvalue weighted by molar-refractivity contribution is 7.19. The lowest BCUT2D eigenvalue weighted by Gasteiger charge is -2.27. The fourth-order valence-electron chi connectivity index (χ4n) is 3.77. The third kappa shape index (κ3) is 3.11. The van der Waals surface area contributed by atoms with Crippen LogP contribution in [0.1, 0.15) is 22.4 Å². The molecule has 0 bridgehead atoms. The van der Waals surface area contributed by atoms with Crippen molar-refractivity contribution < 1.29 is 5.11 Å². The number of hydrogen-bond acceptors (Lipinski definition) is 8. The van der Waals surface area contributed by atoms with E-state index in [1.165, 1.54) is 16.0 Å². The maximum atomic E-state index is 9.10. The molecule has 0 unspecified atom stereocenters. The number of nitrogens with zero attached hydrogens (tertiary/aromatic N) is 6. The van der Waals surface area contributed by atoms with Gasteiger partial charge in [0, 0.05) is 37.7 Å². The summed E-state index contributed by atoms with van der Waals surface area (Å²) in [6, 6.07) is 10.6. The van der Waals surface area contributed by atoms with Crippen molar-refractivity contribution in [2.75, 3.05) is 25.0 Å². The number of aliphatic hydroxyl groups is 1. The van der Waals surface area contributed by atoms with Crippen LogP contribution in [0.2, 0.25) is 0 Å². The SMILES string of the molecule is OCCCNc1nc2nnnn2c2sc3c(c12)CCN(Cc1ccccc1)C3. The first-order valence-corrected chi connectivity index (χ1v) is 10.3. The van der Waals surface area contributed by atoms with Gasteiger partial charge in [-0.15, -0.1) is 11.3 Å². The van der Waals surface area contributed by atoms with Crippen molar-refractivity contribution in [3.05, 3.63) is 46.3 Å². The second kappa shape index (κ2) is 7.42. The second-order valence-corrected chi connectivity index (χ2v) is 8.07. The Labute approximate surface area is 165 Å². The fourth-order valence-corrected chi connectivity index (χ4v) is 5.10. The topological polar surface area (TPSA) is 91.5 Å². The first kappa shape index (κ1) is 17.5. The van der Waals surface area contributed by atoms with Crippen LogP contribution < -0.4 is 5.32 Å². The van der Waals surface area contributed by atoms with Crippen LogP contribution in [0, 0.1) is 0 Å². The molecule has 0 atom stereocenters. The van der Waals surface area contributed by atoms with Gasteiger partial charge in [0.1, 0.15) is 10.6 Å². The molecule has 0 spiro atoms. The summed E-state index contributed by atoms with van der Waals surface area (Å²) in [6.07, 6.45) is 1.66. The molecule has 4 aromatic rings. The monoisotopic (exact) mass is 395 g/mol. The molecule has 1 aliphatic heterocycles. The largest absolute Gasteiger partial charge is 0.396 e. The number of aliphatic hydroxyl groups excluding tert-OH is 1. The zero-order valence-corrected chi connectivity index (χ0v) is 16.2. The quantitative estimate of drug-likeness (QED) is 0.483. The summed E-state index contributed by atoms with van der Waals surface area (Å²) >= 11 is 1.75. The van der Waals surface area contributed by atoms with E-state index in [0.717, 1.165) is 42.1 Å². The lowest BCUT2D eigenvalue weighted by Crippen LogP contribution is -2.29. The van der Waals surface area contributed by atoms with Gasteiger partial charge < -0.3 is 10.4 Å². The van der Waals surface area contributed by atoms with E-state index in [1.54, 1.807) is 15.9 Å². The smallest absolute Gasteiger partial charge is 0.276 e. The normalized spacial score (nSPS) is 14.6. The van der Waals surface area contributed by atoms with Crippen LogP contribution in [0.3, 0.4) is 0 Å². The Bertz CT molecular complexity index is 1110. The van der Waals surface area contributed by atoms with Gasteiger partial charge in [-0.25, -0.2) is 0 Å². The van der Waals surface area contributed by atoms with E-state index in [-0.39, 0.29) is 6.61 Å². The molecule has 0 saturated carbocycles. The average Bonchev–Trinajstić information content (AvgIpc) is 3.33. The summed E-state index contributed by atoms with van der Waals surface area (Å²) in [5, 5.41) is 25.6. The van der Waals surface area contributed by atoms with Gasteiger partial charge in [-0.05, 0) is 34.4 Å². The van der Waals surface area contributed by atoms with Crippen LogP contribution in [0.25, 0.3) is 16.0 Å². The first-order valence-electron chi connectivity index (χ1n) is 9.47. The third-order valence-electron chi connectivity index (χ3n) is 5.09. The number of anilines is 1. The maximum absolute atomic E-state index is 9.10. The predicted molar refractivity (Wildman–Crippen MR) is 108 cm³/mol. The fraction of sp³-hybridized carbons (Fsp3) is 0.368. The molecule has 0 radical (unpaired) electrons. The molecule has 0 saturated heterocycles. The van der Waals surface area contributed by atoms with Crippen LogP contribution in [-0.2, 0) is 19.5 Å². The lowest BCUT2D eigenvalue weighted by molar-refractivity contribution is 0.249. The van der Waals surface area contributed by atoms with Crippen LogP contribution in [0.15, 0.2) is 30.3 Å². The minimum atomic E-state index is 0.154. The van der Waals surface area contributed by atoms with Crippen LogP contribution in [0.5, 0.6) is 0 Å². The predicted octanol–water partition coefficient (Wildman–Crippen LogP) is 2.09. The van der Waals surface area contributed by atoms with E-state index < -0.39 is 0 Å². The summed E-state index contributed by atoms with van der Waals surface area (Å²) in [5.41, 5.74) is 2.68. The highest BCUT2D eigenvalue weighted by Gasteiger charge is 2.25. The summed E-state index contributed by atoms with van der Waals surface area (Å²) < 4.78 is 1.73. The Balaban J connectivity index is 1.51. The first-order chi connectivity index (χ1) is 13.8. The third-order valence-corrected chi connectivity index (χ3v) is 6.28. The Morgan fingerprint density at radius 3 is 2.96 bits per heavy atom.